The fourth-order valence-corrected chi connectivity index (χ4v) is 2.25. The summed E-state index contributed by atoms with van der Waals surface area (Å²) in [6.45, 7) is 2.37. The van der Waals surface area contributed by atoms with E-state index in [2.05, 4.69) is 21.2 Å². The zero-order chi connectivity index (χ0) is 13.8. The molecule has 1 unspecified atom stereocenters. The maximum Gasteiger partial charge on any atom is 0.128 e. The van der Waals surface area contributed by atoms with Gasteiger partial charge in [-0.3, -0.25) is 0 Å². The fraction of sp³-hybridized carbons (Fsp3) is 0.200. The van der Waals surface area contributed by atoms with Crippen molar-refractivity contribution in [1.82, 2.24) is 5.32 Å². The standard InChI is InChI=1S/C15H14BrF2N/c1-10(14-8-12(16)5-6-15(14)18)19-9-11-3-2-4-13(17)7-11/h2-8,10,19H,9H2,1H3. The molecule has 0 saturated heterocycles. The van der Waals surface area contributed by atoms with Crippen molar-refractivity contribution in [1.29, 1.82) is 0 Å². The Balaban J connectivity index is 2.05. The normalized spacial score (nSPS) is 12.4. The molecule has 1 atom stereocenters. The molecule has 0 saturated carbocycles. The van der Waals surface area contributed by atoms with Crippen molar-refractivity contribution in [3.63, 3.8) is 0 Å². The lowest BCUT2D eigenvalue weighted by Crippen LogP contribution is -2.19. The summed E-state index contributed by atoms with van der Waals surface area (Å²) in [5.74, 6) is -0.511. The van der Waals surface area contributed by atoms with Crippen LogP contribution < -0.4 is 5.32 Å². The molecule has 1 N–H and O–H groups in total. The third-order valence-electron chi connectivity index (χ3n) is 2.93. The zero-order valence-corrected chi connectivity index (χ0v) is 12.0. The van der Waals surface area contributed by atoms with Crippen molar-refractivity contribution in [3.8, 4) is 0 Å². The molecule has 0 radical (unpaired) electrons. The van der Waals surface area contributed by atoms with E-state index >= 15 is 0 Å². The van der Waals surface area contributed by atoms with Crippen LogP contribution in [0.4, 0.5) is 8.78 Å². The second kappa shape index (κ2) is 6.26. The first kappa shape index (κ1) is 14.2. The van der Waals surface area contributed by atoms with E-state index in [0.29, 0.717) is 12.1 Å². The van der Waals surface area contributed by atoms with Gasteiger partial charge in [0.05, 0.1) is 0 Å². The third kappa shape index (κ3) is 3.85. The molecule has 0 aliphatic heterocycles. The van der Waals surface area contributed by atoms with E-state index in [1.165, 1.54) is 18.2 Å². The van der Waals surface area contributed by atoms with E-state index in [9.17, 15) is 8.78 Å². The van der Waals surface area contributed by atoms with Crippen molar-refractivity contribution < 1.29 is 8.78 Å². The van der Waals surface area contributed by atoms with Crippen molar-refractivity contribution in [3.05, 3.63) is 69.7 Å². The lowest BCUT2D eigenvalue weighted by atomic mass is 10.1. The molecule has 100 valence electrons. The summed E-state index contributed by atoms with van der Waals surface area (Å²) in [4.78, 5) is 0. The van der Waals surface area contributed by atoms with Gasteiger partial charge in [0.25, 0.3) is 0 Å². The van der Waals surface area contributed by atoms with Crippen LogP contribution >= 0.6 is 15.9 Å². The van der Waals surface area contributed by atoms with Crippen LogP contribution in [0.2, 0.25) is 0 Å². The van der Waals surface area contributed by atoms with Crippen LogP contribution in [-0.4, -0.2) is 0 Å². The highest BCUT2D eigenvalue weighted by Gasteiger charge is 2.11. The van der Waals surface area contributed by atoms with Gasteiger partial charge in [0.1, 0.15) is 11.6 Å². The van der Waals surface area contributed by atoms with Gasteiger partial charge in [-0.2, -0.15) is 0 Å². The molecule has 2 aromatic rings. The van der Waals surface area contributed by atoms with Gasteiger partial charge in [0.15, 0.2) is 0 Å². The zero-order valence-electron chi connectivity index (χ0n) is 10.5. The summed E-state index contributed by atoms with van der Waals surface area (Å²) >= 11 is 3.33. The van der Waals surface area contributed by atoms with E-state index in [0.717, 1.165) is 10.0 Å². The summed E-state index contributed by atoms with van der Waals surface area (Å²) in [6, 6.07) is 11.1. The molecule has 19 heavy (non-hydrogen) atoms. The van der Waals surface area contributed by atoms with Gasteiger partial charge in [-0.05, 0) is 42.8 Å². The predicted molar refractivity (Wildman–Crippen MR) is 75.8 cm³/mol. The maximum atomic E-state index is 13.7. The SMILES string of the molecule is CC(NCc1cccc(F)c1)c1cc(Br)ccc1F. The first-order valence-corrected chi connectivity index (χ1v) is 6.78. The molecule has 0 bridgehead atoms. The molecule has 0 amide bonds. The Morgan fingerprint density at radius 3 is 2.68 bits per heavy atom. The third-order valence-corrected chi connectivity index (χ3v) is 3.42. The molecule has 0 spiro atoms. The summed E-state index contributed by atoms with van der Waals surface area (Å²) in [5, 5.41) is 3.18. The van der Waals surface area contributed by atoms with Crippen LogP contribution in [-0.2, 0) is 6.54 Å². The van der Waals surface area contributed by atoms with Crippen LogP contribution in [0.5, 0.6) is 0 Å². The van der Waals surface area contributed by atoms with Crippen molar-refractivity contribution >= 4 is 15.9 Å². The monoisotopic (exact) mass is 325 g/mol. The van der Waals surface area contributed by atoms with Crippen molar-refractivity contribution in [2.24, 2.45) is 0 Å². The lowest BCUT2D eigenvalue weighted by Gasteiger charge is -2.15. The fourth-order valence-electron chi connectivity index (χ4n) is 1.87. The van der Waals surface area contributed by atoms with E-state index in [4.69, 9.17) is 0 Å². The van der Waals surface area contributed by atoms with Gasteiger partial charge in [-0.15, -0.1) is 0 Å². The smallest absolute Gasteiger partial charge is 0.128 e. The summed E-state index contributed by atoms with van der Waals surface area (Å²) in [7, 11) is 0. The molecule has 2 rings (SSSR count). The lowest BCUT2D eigenvalue weighted by molar-refractivity contribution is 0.526. The van der Waals surface area contributed by atoms with Crippen LogP contribution in [0.3, 0.4) is 0 Å². The Labute approximate surface area is 119 Å². The molecule has 0 aliphatic rings. The van der Waals surface area contributed by atoms with Gasteiger partial charge < -0.3 is 5.32 Å². The first-order valence-electron chi connectivity index (χ1n) is 5.99. The second-order valence-electron chi connectivity index (χ2n) is 4.40. The minimum atomic E-state index is -0.263. The summed E-state index contributed by atoms with van der Waals surface area (Å²) in [5.41, 5.74) is 1.42. The Morgan fingerprint density at radius 1 is 1.16 bits per heavy atom. The average Bonchev–Trinajstić information content (AvgIpc) is 2.39. The second-order valence-corrected chi connectivity index (χ2v) is 5.31. The summed E-state index contributed by atoms with van der Waals surface area (Å²) < 4.78 is 27.6. The van der Waals surface area contributed by atoms with Crippen LogP contribution in [0, 0.1) is 11.6 Å². The molecule has 2 aromatic carbocycles. The number of hydrogen-bond acceptors (Lipinski definition) is 1. The minimum Gasteiger partial charge on any atom is -0.306 e. The highest BCUT2D eigenvalue weighted by molar-refractivity contribution is 9.10. The first-order chi connectivity index (χ1) is 9.06. The Morgan fingerprint density at radius 2 is 1.95 bits per heavy atom. The van der Waals surface area contributed by atoms with E-state index in [1.54, 1.807) is 18.2 Å². The number of hydrogen-bond donors (Lipinski definition) is 1. The van der Waals surface area contributed by atoms with Crippen molar-refractivity contribution in [2.45, 2.75) is 19.5 Å². The van der Waals surface area contributed by atoms with Crippen LogP contribution in [0.15, 0.2) is 46.9 Å². The van der Waals surface area contributed by atoms with Crippen LogP contribution in [0.1, 0.15) is 24.1 Å². The molecular weight excluding hydrogens is 312 g/mol. The van der Waals surface area contributed by atoms with Gasteiger partial charge >= 0.3 is 0 Å². The highest BCUT2D eigenvalue weighted by Crippen LogP contribution is 2.21. The van der Waals surface area contributed by atoms with Gasteiger partial charge in [0, 0.05) is 22.6 Å². The molecule has 0 heterocycles. The van der Waals surface area contributed by atoms with E-state index in [1.807, 2.05) is 13.0 Å². The number of halogens is 3. The predicted octanol–water partition coefficient (Wildman–Crippen LogP) is 4.58. The van der Waals surface area contributed by atoms with E-state index in [-0.39, 0.29) is 17.7 Å². The van der Waals surface area contributed by atoms with Crippen LogP contribution in [0.25, 0.3) is 0 Å². The maximum absolute atomic E-state index is 13.7. The summed E-state index contributed by atoms with van der Waals surface area (Å²) in [6.07, 6.45) is 0. The molecular formula is C15H14BrF2N. The minimum absolute atomic E-state index is 0.152. The average molecular weight is 326 g/mol. The Bertz CT molecular complexity index is 572. The molecule has 0 aliphatic carbocycles. The largest absolute Gasteiger partial charge is 0.306 e. The number of nitrogens with one attached hydrogen (secondary N) is 1. The Kier molecular flexibility index (Phi) is 4.66. The van der Waals surface area contributed by atoms with Gasteiger partial charge in [0.2, 0.25) is 0 Å². The van der Waals surface area contributed by atoms with Gasteiger partial charge in [-0.25, -0.2) is 8.78 Å². The molecule has 0 aromatic heterocycles. The molecule has 4 heteroatoms. The Hall–Kier alpha value is -1.26. The molecule has 0 fully saturated rings. The van der Waals surface area contributed by atoms with E-state index < -0.39 is 0 Å². The number of rotatable bonds is 4. The van der Waals surface area contributed by atoms with Gasteiger partial charge in [-0.1, -0.05) is 28.1 Å². The highest BCUT2D eigenvalue weighted by atomic mass is 79.9. The molecule has 1 nitrogen and oxygen atoms in total. The number of benzene rings is 2. The van der Waals surface area contributed by atoms with Crippen molar-refractivity contribution in [2.75, 3.05) is 0 Å². The quantitative estimate of drug-likeness (QED) is 0.867. The topological polar surface area (TPSA) is 12.0 Å².